The molecular formula is C11H20N2O. The van der Waals surface area contributed by atoms with Crippen molar-refractivity contribution < 1.29 is 4.79 Å². The molecular weight excluding hydrogens is 176 g/mol. The molecule has 0 bridgehead atoms. The second-order valence-corrected chi connectivity index (χ2v) is 4.63. The lowest BCUT2D eigenvalue weighted by Gasteiger charge is -2.36. The van der Waals surface area contributed by atoms with E-state index in [9.17, 15) is 4.79 Å². The molecule has 0 aromatic rings. The second kappa shape index (κ2) is 3.89. The van der Waals surface area contributed by atoms with Crippen LogP contribution in [0.2, 0.25) is 0 Å². The predicted octanol–water partition coefficient (Wildman–Crippen LogP) is 1.09. The van der Waals surface area contributed by atoms with Gasteiger partial charge in [-0.1, -0.05) is 0 Å². The van der Waals surface area contributed by atoms with Crippen molar-refractivity contribution >= 4 is 5.91 Å². The van der Waals surface area contributed by atoms with Crippen LogP contribution in [0.5, 0.6) is 0 Å². The molecule has 1 saturated heterocycles. The normalized spacial score (nSPS) is 25.0. The number of carbonyl (C=O) groups is 1. The molecule has 0 spiro atoms. The van der Waals surface area contributed by atoms with Crippen LogP contribution in [0, 0.1) is 0 Å². The maximum atomic E-state index is 11.2. The number of piperidine rings is 1. The molecule has 1 aliphatic carbocycles. The van der Waals surface area contributed by atoms with Gasteiger partial charge in [-0.05, 0) is 25.7 Å². The Bertz CT molecular complexity index is 217. The van der Waals surface area contributed by atoms with Crippen LogP contribution in [0.3, 0.4) is 0 Å². The monoisotopic (exact) mass is 196 g/mol. The molecule has 1 saturated carbocycles. The van der Waals surface area contributed by atoms with Gasteiger partial charge in [-0.15, -0.1) is 0 Å². The Labute approximate surface area is 86.1 Å². The summed E-state index contributed by atoms with van der Waals surface area (Å²) in [5.41, 5.74) is 0. The van der Waals surface area contributed by atoms with Gasteiger partial charge in [0.1, 0.15) is 0 Å². The first-order chi connectivity index (χ1) is 6.68. The third-order valence-corrected chi connectivity index (χ3v) is 3.61. The summed E-state index contributed by atoms with van der Waals surface area (Å²) in [5, 5.41) is 0. The first kappa shape index (κ1) is 9.97. The zero-order chi connectivity index (χ0) is 10.1. The largest absolute Gasteiger partial charge is 0.343 e. The quantitative estimate of drug-likeness (QED) is 0.660. The minimum absolute atomic E-state index is 0.204. The van der Waals surface area contributed by atoms with Crippen LogP contribution >= 0.6 is 0 Å². The van der Waals surface area contributed by atoms with Crippen LogP contribution in [-0.2, 0) is 4.79 Å². The van der Waals surface area contributed by atoms with Gasteiger partial charge in [0.15, 0.2) is 0 Å². The lowest BCUT2D eigenvalue weighted by atomic mass is 10.0. The van der Waals surface area contributed by atoms with Crippen LogP contribution in [0.25, 0.3) is 0 Å². The Morgan fingerprint density at radius 2 is 1.79 bits per heavy atom. The highest BCUT2D eigenvalue weighted by molar-refractivity contribution is 5.73. The van der Waals surface area contributed by atoms with E-state index < -0.39 is 0 Å². The van der Waals surface area contributed by atoms with Crippen LogP contribution in [0.1, 0.15) is 32.6 Å². The summed E-state index contributed by atoms with van der Waals surface area (Å²) in [6.07, 6.45) is 5.11. The van der Waals surface area contributed by atoms with Crippen molar-refractivity contribution in [3.63, 3.8) is 0 Å². The second-order valence-electron chi connectivity index (χ2n) is 4.63. The lowest BCUT2D eigenvalue weighted by molar-refractivity contribution is -0.130. The van der Waals surface area contributed by atoms with E-state index >= 15 is 0 Å². The van der Waals surface area contributed by atoms with Crippen LogP contribution in [-0.4, -0.2) is 47.9 Å². The molecule has 3 nitrogen and oxygen atoms in total. The summed E-state index contributed by atoms with van der Waals surface area (Å²) in [5.74, 6) is 0.204. The molecule has 2 rings (SSSR count). The molecule has 0 atom stereocenters. The van der Waals surface area contributed by atoms with E-state index in [2.05, 4.69) is 4.90 Å². The van der Waals surface area contributed by atoms with E-state index in [-0.39, 0.29) is 5.91 Å². The molecule has 0 aromatic carbocycles. The van der Waals surface area contributed by atoms with E-state index in [4.69, 9.17) is 0 Å². The molecule has 3 heteroatoms. The molecule has 1 amide bonds. The SMILES string of the molecule is CC(=O)N(C)C1CCN(C2CC2)CC1. The van der Waals surface area contributed by atoms with Crippen LogP contribution < -0.4 is 0 Å². The van der Waals surface area contributed by atoms with Gasteiger partial charge in [-0.2, -0.15) is 0 Å². The zero-order valence-electron chi connectivity index (χ0n) is 9.20. The number of nitrogens with zero attached hydrogens (tertiary/aromatic N) is 2. The summed E-state index contributed by atoms with van der Waals surface area (Å²) in [6, 6.07) is 1.38. The molecule has 0 unspecified atom stereocenters. The van der Waals surface area contributed by atoms with Crippen molar-refractivity contribution in [3.8, 4) is 0 Å². The summed E-state index contributed by atoms with van der Waals surface area (Å²) >= 11 is 0. The molecule has 0 radical (unpaired) electrons. The first-order valence-corrected chi connectivity index (χ1v) is 5.66. The zero-order valence-corrected chi connectivity index (χ0v) is 9.20. The number of carbonyl (C=O) groups excluding carboxylic acids is 1. The number of rotatable bonds is 2. The number of likely N-dealkylation sites (tertiary alicyclic amines) is 1. The minimum atomic E-state index is 0.204. The third kappa shape index (κ3) is 2.08. The molecule has 0 N–H and O–H groups in total. The highest BCUT2D eigenvalue weighted by Crippen LogP contribution is 2.30. The highest BCUT2D eigenvalue weighted by atomic mass is 16.2. The molecule has 1 heterocycles. The molecule has 80 valence electrons. The van der Waals surface area contributed by atoms with Crippen LogP contribution in [0.15, 0.2) is 0 Å². The van der Waals surface area contributed by atoms with E-state index in [1.807, 2.05) is 11.9 Å². The van der Waals surface area contributed by atoms with E-state index in [0.29, 0.717) is 6.04 Å². The summed E-state index contributed by atoms with van der Waals surface area (Å²) in [6.45, 7) is 4.03. The average molecular weight is 196 g/mol. The maximum Gasteiger partial charge on any atom is 0.219 e. The van der Waals surface area contributed by atoms with Gasteiger partial charge >= 0.3 is 0 Å². The Hall–Kier alpha value is -0.570. The van der Waals surface area contributed by atoms with Crippen molar-refractivity contribution in [2.45, 2.75) is 44.7 Å². The van der Waals surface area contributed by atoms with Gasteiger partial charge in [0, 0.05) is 39.1 Å². The first-order valence-electron chi connectivity index (χ1n) is 5.66. The maximum absolute atomic E-state index is 11.2. The van der Waals surface area contributed by atoms with Crippen molar-refractivity contribution in [2.75, 3.05) is 20.1 Å². The Balaban J connectivity index is 1.79. The van der Waals surface area contributed by atoms with Gasteiger partial charge in [0.2, 0.25) is 5.91 Å². The van der Waals surface area contributed by atoms with E-state index in [1.165, 1.54) is 25.9 Å². The Morgan fingerprint density at radius 3 is 2.21 bits per heavy atom. The molecule has 2 aliphatic rings. The summed E-state index contributed by atoms with van der Waals surface area (Å²) in [7, 11) is 1.93. The number of hydrogen-bond acceptors (Lipinski definition) is 2. The molecule has 1 aliphatic heterocycles. The fourth-order valence-electron chi connectivity index (χ4n) is 2.34. The van der Waals surface area contributed by atoms with Gasteiger partial charge < -0.3 is 9.80 Å². The molecule has 14 heavy (non-hydrogen) atoms. The van der Waals surface area contributed by atoms with Gasteiger partial charge in [-0.3, -0.25) is 4.79 Å². The summed E-state index contributed by atoms with van der Waals surface area (Å²) < 4.78 is 0. The predicted molar refractivity (Wildman–Crippen MR) is 56.1 cm³/mol. The van der Waals surface area contributed by atoms with E-state index in [0.717, 1.165) is 18.9 Å². The Kier molecular flexibility index (Phi) is 2.77. The van der Waals surface area contributed by atoms with Crippen molar-refractivity contribution in [1.82, 2.24) is 9.80 Å². The topological polar surface area (TPSA) is 23.6 Å². The minimum Gasteiger partial charge on any atom is -0.343 e. The van der Waals surface area contributed by atoms with Gasteiger partial charge in [0.05, 0.1) is 0 Å². The standard InChI is InChI=1S/C11H20N2O/c1-9(14)12(2)10-5-7-13(8-6-10)11-3-4-11/h10-11H,3-8H2,1-2H3. The van der Waals surface area contributed by atoms with Gasteiger partial charge in [-0.25, -0.2) is 0 Å². The van der Waals surface area contributed by atoms with Gasteiger partial charge in [0.25, 0.3) is 0 Å². The van der Waals surface area contributed by atoms with Crippen molar-refractivity contribution in [1.29, 1.82) is 0 Å². The summed E-state index contributed by atoms with van der Waals surface area (Å²) in [4.78, 5) is 15.7. The third-order valence-electron chi connectivity index (χ3n) is 3.61. The fraction of sp³-hybridized carbons (Fsp3) is 0.909. The van der Waals surface area contributed by atoms with E-state index in [1.54, 1.807) is 6.92 Å². The fourth-order valence-corrected chi connectivity index (χ4v) is 2.34. The number of hydrogen-bond donors (Lipinski definition) is 0. The molecule has 2 fully saturated rings. The lowest BCUT2D eigenvalue weighted by Crippen LogP contribution is -2.45. The molecule has 0 aromatic heterocycles. The van der Waals surface area contributed by atoms with Crippen LogP contribution in [0.4, 0.5) is 0 Å². The van der Waals surface area contributed by atoms with Crippen molar-refractivity contribution in [3.05, 3.63) is 0 Å². The highest BCUT2D eigenvalue weighted by Gasteiger charge is 2.32. The Morgan fingerprint density at radius 1 is 1.21 bits per heavy atom. The smallest absolute Gasteiger partial charge is 0.219 e. The average Bonchev–Trinajstić information content (AvgIpc) is 3.00. The van der Waals surface area contributed by atoms with Crippen molar-refractivity contribution in [2.24, 2.45) is 0 Å². The number of amides is 1.